The van der Waals surface area contributed by atoms with Gasteiger partial charge in [-0.3, -0.25) is 0 Å². The number of esters is 1. The highest BCUT2D eigenvalue weighted by Gasteiger charge is 2.27. The fourth-order valence-corrected chi connectivity index (χ4v) is 4.92. The lowest BCUT2D eigenvalue weighted by Crippen LogP contribution is -2.14. The van der Waals surface area contributed by atoms with Gasteiger partial charge in [0.25, 0.3) is 0 Å². The van der Waals surface area contributed by atoms with E-state index in [4.69, 9.17) is 9.47 Å². The van der Waals surface area contributed by atoms with E-state index in [-0.39, 0.29) is 18.5 Å². The quantitative estimate of drug-likeness (QED) is 0.281. The smallest absolute Gasteiger partial charge is 0.344 e. The van der Waals surface area contributed by atoms with Gasteiger partial charge in [0.1, 0.15) is 5.75 Å². The average Bonchev–Trinajstić information content (AvgIpc) is 3.35. The van der Waals surface area contributed by atoms with Crippen LogP contribution in [-0.2, 0) is 9.53 Å². The maximum atomic E-state index is 11.7. The van der Waals surface area contributed by atoms with E-state index in [1.165, 1.54) is 21.9 Å². The first kappa shape index (κ1) is 21.8. The van der Waals surface area contributed by atoms with E-state index in [0.717, 1.165) is 28.0 Å². The zero-order valence-electron chi connectivity index (χ0n) is 19.6. The molecule has 2 aromatic heterocycles. The lowest BCUT2D eigenvalue weighted by molar-refractivity contribution is -0.145. The van der Waals surface area contributed by atoms with Gasteiger partial charge in [-0.05, 0) is 61.7 Å². The second-order valence-corrected chi connectivity index (χ2v) is 8.51. The molecule has 0 unspecified atom stereocenters. The standard InChI is InChI=1S/C29H28N2O3/c1-4-33-26(32)17-34-21-15-13-20(14-16-21)29(27-18(2)30-24-11-7-5-9-22(24)27)28-19(3)31-25-12-8-6-10-23(25)28/h5-16,29-31H,4,17H2,1-3H3. The third kappa shape index (κ3) is 3.94. The van der Waals surface area contributed by atoms with E-state index in [0.29, 0.717) is 12.4 Å². The van der Waals surface area contributed by atoms with Crippen LogP contribution in [-0.4, -0.2) is 29.2 Å². The summed E-state index contributed by atoms with van der Waals surface area (Å²) in [6.07, 6.45) is 0. The number of aromatic nitrogens is 2. The molecule has 0 amide bonds. The van der Waals surface area contributed by atoms with Crippen LogP contribution in [0.5, 0.6) is 5.75 Å². The van der Waals surface area contributed by atoms with Crippen molar-refractivity contribution in [3.8, 4) is 5.75 Å². The molecule has 2 N–H and O–H groups in total. The summed E-state index contributed by atoms with van der Waals surface area (Å²) >= 11 is 0. The van der Waals surface area contributed by atoms with E-state index < -0.39 is 0 Å². The van der Waals surface area contributed by atoms with E-state index in [1.807, 2.05) is 12.1 Å². The predicted molar refractivity (Wildman–Crippen MR) is 136 cm³/mol. The Morgan fingerprint density at radius 1 is 0.794 bits per heavy atom. The van der Waals surface area contributed by atoms with Crippen LogP contribution in [0.25, 0.3) is 21.8 Å². The number of benzene rings is 3. The molecule has 0 aliphatic carbocycles. The van der Waals surface area contributed by atoms with Gasteiger partial charge >= 0.3 is 5.97 Å². The highest BCUT2D eigenvalue weighted by Crippen LogP contribution is 2.42. The third-order valence-electron chi connectivity index (χ3n) is 6.34. The summed E-state index contributed by atoms with van der Waals surface area (Å²) < 4.78 is 10.6. The molecule has 0 radical (unpaired) electrons. The fraction of sp³-hybridized carbons (Fsp3) is 0.207. The number of fused-ring (bicyclic) bond motifs is 2. The Labute approximate surface area is 198 Å². The number of nitrogens with one attached hydrogen (secondary N) is 2. The first-order chi connectivity index (χ1) is 16.6. The molecule has 2 heterocycles. The maximum absolute atomic E-state index is 11.7. The fourth-order valence-electron chi connectivity index (χ4n) is 4.92. The zero-order valence-corrected chi connectivity index (χ0v) is 19.6. The molecule has 0 fully saturated rings. The first-order valence-corrected chi connectivity index (χ1v) is 11.6. The van der Waals surface area contributed by atoms with Gasteiger partial charge in [-0.15, -0.1) is 0 Å². The summed E-state index contributed by atoms with van der Waals surface area (Å²) in [5, 5.41) is 2.44. The molecule has 34 heavy (non-hydrogen) atoms. The summed E-state index contributed by atoms with van der Waals surface area (Å²) in [7, 11) is 0. The highest BCUT2D eigenvalue weighted by molar-refractivity contribution is 5.90. The maximum Gasteiger partial charge on any atom is 0.344 e. The predicted octanol–water partition coefficient (Wildman–Crippen LogP) is 6.39. The molecule has 0 aliphatic heterocycles. The van der Waals surface area contributed by atoms with Gasteiger partial charge in [0.2, 0.25) is 0 Å². The Kier molecular flexibility index (Phi) is 5.84. The Morgan fingerprint density at radius 3 is 1.85 bits per heavy atom. The van der Waals surface area contributed by atoms with Gasteiger partial charge in [0.05, 0.1) is 6.61 Å². The molecule has 0 atom stereocenters. The average molecular weight is 453 g/mol. The highest BCUT2D eigenvalue weighted by atomic mass is 16.6. The van der Waals surface area contributed by atoms with E-state index in [1.54, 1.807) is 6.92 Å². The largest absolute Gasteiger partial charge is 0.482 e. The number of carbonyl (C=O) groups is 1. The van der Waals surface area contributed by atoms with Crippen molar-refractivity contribution in [3.05, 3.63) is 101 Å². The Morgan fingerprint density at radius 2 is 1.32 bits per heavy atom. The number of aromatic amines is 2. The molecule has 3 aromatic carbocycles. The number of rotatable bonds is 7. The Balaban J connectivity index is 1.63. The van der Waals surface area contributed by atoms with Crippen molar-refractivity contribution in [3.63, 3.8) is 0 Å². The Hall–Kier alpha value is -3.99. The van der Waals surface area contributed by atoms with Crippen molar-refractivity contribution >= 4 is 27.8 Å². The van der Waals surface area contributed by atoms with Gasteiger partial charge in [0.15, 0.2) is 6.61 Å². The van der Waals surface area contributed by atoms with E-state index in [9.17, 15) is 4.79 Å². The van der Waals surface area contributed by atoms with Gasteiger partial charge in [-0.1, -0.05) is 48.5 Å². The monoisotopic (exact) mass is 452 g/mol. The summed E-state index contributed by atoms with van der Waals surface area (Å²) in [4.78, 5) is 18.8. The number of hydrogen-bond donors (Lipinski definition) is 2. The van der Waals surface area contributed by atoms with E-state index in [2.05, 4.69) is 84.5 Å². The molecule has 0 aliphatic rings. The van der Waals surface area contributed by atoms with Crippen LogP contribution in [0.1, 0.15) is 40.9 Å². The number of ether oxygens (including phenoxy) is 2. The Bertz CT molecular complexity index is 1380. The molecule has 0 saturated carbocycles. The molecule has 5 heteroatoms. The SMILES string of the molecule is CCOC(=O)COc1ccc(C(c2c(C)[nH]c3ccccc23)c2c(C)[nH]c3ccccc23)cc1. The lowest BCUT2D eigenvalue weighted by Gasteiger charge is -2.20. The zero-order chi connectivity index (χ0) is 23.7. The van der Waals surface area contributed by atoms with Crippen LogP contribution in [0.4, 0.5) is 0 Å². The molecule has 5 aromatic rings. The molecule has 5 nitrogen and oxygen atoms in total. The molecule has 5 rings (SSSR count). The van der Waals surface area contributed by atoms with Crippen molar-refractivity contribution in [2.24, 2.45) is 0 Å². The first-order valence-electron chi connectivity index (χ1n) is 11.6. The number of H-pyrrole nitrogens is 2. The molecule has 172 valence electrons. The van der Waals surface area contributed by atoms with E-state index >= 15 is 0 Å². The van der Waals surface area contributed by atoms with Crippen molar-refractivity contribution in [1.29, 1.82) is 0 Å². The minimum Gasteiger partial charge on any atom is -0.482 e. The van der Waals surface area contributed by atoms with Crippen molar-refractivity contribution in [2.45, 2.75) is 26.7 Å². The third-order valence-corrected chi connectivity index (χ3v) is 6.34. The van der Waals surface area contributed by atoms with Crippen LogP contribution in [0, 0.1) is 13.8 Å². The minimum absolute atomic E-state index is 0.0198. The molecule has 0 spiro atoms. The van der Waals surface area contributed by atoms with Gasteiger partial charge in [-0.2, -0.15) is 0 Å². The van der Waals surface area contributed by atoms with Crippen molar-refractivity contribution < 1.29 is 14.3 Å². The van der Waals surface area contributed by atoms with Crippen LogP contribution in [0.15, 0.2) is 72.8 Å². The van der Waals surface area contributed by atoms with Crippen LogP contribution < -0.4 is 4.74 Å². The molecule has 0 saturated heterocycles. The van der Waals surface area contributed by atoms with Gasteiger partial charge in [-0.25, -0.2) is 4.79 Å². The number of carbonyl (C=O) groups excluding carboxylic acids is 1. The second-order valence-electron chi connectivity index (χ2n) is 8.51. The topological polar surface area (TPSA) is 67.1 Å². The normalized spacial score (nSPS) is 11.4. The van der Waals surface area contributed by atoms with Gasteiger partial charge in [0, 0.05) is 39.1 Å². The number of hydrogen-bond acceptors (Lipinski definition) is 3. The number of aryl methyl sites for hydroxylation is 2. The van der Waals surface area contributed by atoms with Crippen LogP contribution in [0.3, 0.4) is 0 Å². The molecular formula is C29H28N2O3. The van der Waals surface area contributed by atoms with Crippen LogP contribution in [0.2, 0.25) is 0 Å². The second kappa shape index (κ2) is 9.10. The summed E-state index contributed by atoms with van der Waals surface area (Å²) in [5.74, 6) is 0.293. The summed E-state index contributed by atoms with van der Waals surface area (Å²) in [6, 6.07) is 24.9. The minimum atomic E-state index is -0.367. The molecular weight excluding hydrogens is 424 g/mol. The van der Waals surface area contributed by atoms with Gasteiger partial charge < -0.3 is 19.4 Å². The number of para-hydroxylation sites is 2. The summed E-state index contributed by atoms with van der Waals surface area (Å²) in [6.45, 7) is 6.31. The van der Waals surface area contributed by atoms with Crippen molar-refractivity contribution in [2.75, 3.05) is 13.2 Å². The van der Waals surface area contributed by atoms with Crippen LogP contribution >= 0.6 is 0 Å². The van der Waals surface area contributed by atoms with Crippen molar-refractivity contribution in [1.82, 2.24) is 9.97 Å². The summed E-state index contributed by atoms with van der Waals surface area (Å²) in [5.41, 5.74) is 8.26. The lowest BCUT2D eigenvalue weighted by atomic mass is 9.82. The molecule has 0 bridgehead atoms.